The van der Waals surface area contributed by atoms with Gasteiger partial charge in [0.15, 0.2) is 0 Å². The number of rotatable bonds is 6. The molecule has 1 aliphatic heterocycles. The Morgan fingerprint density at radius 1 is 1.09 bits per heavy atom. The Hall–Kier alpha value is -1.43. The van der Waals surface area contributed by atoms with Crippen molar-refractivity contribution in [1.29, 1.82) is 0 Å². The summed E-state index contributed by atoms with van der Waals surface area (Å²) in [5, 5.41) is 12.9. The minimum Gasteiger partial charge on any atom is -0.388 e. The summed E-state index contributed by atoms with van der Waals surface area (Å²) in [6, 6.07) is 10.5. The van der Waals surface area contributed by atoms with E-state index in [-0.39, 0.29) is 5.91 Å². The fourth-order valence-electron chi connectivity index (χ4n) is 3.23. The highest BCUT2D eigenvalue weighted by Crippen LogP contribution is 2.30. The third-order valence-electron chi connectivity index (χ3n) is 4.98. The Morgan fingerprint density at radius 2 is 1.74 bits per heavy atom. The van der Waals surface area contributed by atoms with Crippen LogP contribution >= 0.6 is 0 Å². The molecule has 0 atom stereocenters. The number of hydrogen-bond donors (Lipinski definition) is 2. The first-order valence-corrected chi connectivity index (χ1v) is 8.61. The van der Waals surface area contributed by atoms with Crippen LogP contribution in [0.5, 0.6) is 0 Å². The van der Waals surface area contributed by atoms with Crippen LogP contribution in [0, 0.1) is 0 Å². The number of amides is 1. The van der Waals surface area contributed by atoms with Crippen LogP contribution in [0.4, 0.5) is 0 Å². The molecule has 2 aliphatic rings. The minimum atomic E-state index is -0.635. The normalized spacial score (nSPS) is 21.6. The molecule has 1 heterocycles. The van der Waals surface area contributed by atoms with Gasteiger partial charge in [-0.1, -0.05) is 30.3 Å². The van der Waals surface area contributed by atoms with E-state index in [0.29, 0.717) is 13.1 Å². The fourth-order valence-corrected chi connectivity index (χ4v) is 3.23. The second kappa shape index (κ2) is 7.43. The topological polar surface area (TPSA) is 55.8 Å². The van der Waals surface area contributed by atoms with Crippen molar-refractivity contribution in [2.75, 3.05) is 39.3 Å². The van der Waals surface area contributed by atoms with Gasteiger partial charge < -0.3 is 10.4 Å². The van der Waals surface area contributed by atoms with Crippen molar-refractivity contribution in [3.05, 3.63) is 35.9 Å². The third kappa shape index (κ3) is 4.77. The zero-order valence-electron chi connectivity index (χ0n) is 13.7. The van der Waals surface area contributed by atoms with E-state index < -0.39 is 5.60 Å². The first-order valence-electron chi connectivity index (χ1n) is 8.61. The summed E-state index contributed by atoms with van der Waals surface area (Å²) in [6.07, 6.45) is 2.69. The summed E-state index contributed by atoms with van der Waals surface area (Å²) >= 11 is 0. The van der Waals surface area contributed by atoms with Crippen LogP contribution in [0.3, 0.4) is 0 Å². The molecule has 126 valence electrons. The summed E-state index contributed by atoms with van der Waals surface area (Å²) in [7, 11) is 0. The molecule has 0 spiro atoms. The standard InChI is InChI=1S/C18H27N3O2/c22-17(19-15-18(23)7-4-8-18)14-21-11-9-20(10-12-21)13-16-5-2-1-3-6-16/h1-3,5-6,23H,4,7-15H2,(H,19,22). The lowest BCUT2D eigenvalue weighted by atomic mass is 9.80. The highest BCUT2D eigenvalue weighted by molar-refractivity contribution is 5.78. The number of carbonyl (C=O) groups excluding carboxylic acids is 1. The van der Waals surface area contributed by atoms with Gasteiger partial charge in [0.1, 0.15) is 0 Å². The Labute approximate surface area is 138 Å². The van der Waals surface area contributed by atoms with Crippen molar-refractivity contribution in [3.63, 3.8) is 0 Å². The molecule has 0 unspecified atom stereocenters. The number of aliphatic hydroxyl groups is 1. The minimum absolute atomic E-state index is 0.0295. The zero-order chi connectivity index (χ0) is 16.1. The van der Waals surface area contributed by atoms with Crippen LogP contribution in [0.1, 0.15) is 24.8 Å². The van der Waals surface area contributed by atoms with E-state index in [1.165, 1.54) is 5.56 Å². The lowest BCUT2D eigenvalue weighted by Gasteiger charge is -2.37. The van der Waals surface area contributed by atoms with Crippen LogP contribution in [-0.2, 0) is 11.3 Å². The number of piperazine rings is 1. The second-order valence-corrected chi connectivity index (χ2v) is 6.89. The van der Waals surface area contributed by atoms with Gasteiger partial charge in [-0.05, 0) is 24.8 Å². The summed E-state index contributed by atoms with van der Waals surface area (Å²) in [6.45, 7) is 5.65. The molecule has 1 saturated heterocycles. The van der Waals surface area contributed by atoms with E-state index in [4.69, 9.17) is 0 Å². The van der Waals surface area contributed by atoms with Crippen molar-refractivity contribution in [2.24, 2.45) is 0 Å². The van der Waals surface area contributed by atoms with Gasteiger partial charge in [-0.15, -0.1) is 0 Å². The van der Waals surface area contributed by atoms with E-state index in [0.717, 1.165) is 52.0 Å². The van der Waals surface area contributed by atoms with Crippen LogP contribution in [0.25, 0.3) is 0 Å². The van der Waals surface area contributed by atoms with Crippen LogP contribution in [0.2, 0.25) is 0 Å². The van der Waals surface area contributed by atoms with Crippen LogP contribution in [-0.4, -0.2) is 65.7 Å². The average Bonchev–Trinajstić information content (AvgIpc) is 2.54. The van der Waals surface area contributed by atoms with Crippen molar-refractivity contribution in [1.82, 2.24) is 15.1 Å². The molecule has 2 fully saturated rings. The molecule has 0 aromatic heterocycles. The van der Waals surface area contributed by atoms with Gasteiger partial charge in [-0.25, -0.2) is 0 Å². The Kier molecular flexibility index (Phi) is 5.30. The van der Waals surface area contributed by atoms with Gasteiger partial charge in [-0.3, -0.25) is 14.6 Å². The molecule has 1 aliphatic carbocycles. The number of nitrogens with zero attached hydrogens (tertiary/aromatic N) is 2. The highest BCUT2D eigenvalue weighted by atomic mass is 16.3. The third-order valence-corrected chi connectivity index (χ3v) is 4.98. The highest BCUT2D eigenvalue weighted by Gasteiger charge is 2.34. The summed E-state index contributed by atoms with van der Waals surface area (Å²) in [5.74, 6) is 0.0295. The lowest BCUT2D eigenvalue weighted by molar-refractivity contribution is -0.125. The number of hydrogen-bond acceptors (Lipinski definition) is 4. The SMILES string of the molecule is O=C(CN1CCN(Cc2ccccc2)CC1)NCC1(O)CCC1. The molecule has 23 heavy (non-hydrogen) atoms. The maximum absolute atomic E-state index is 12.0. The van der Waals surface area contributed by atoms with Crippen molar-refractivity contribution < 1.29 is 9.90 Å². The van der Waals surface area contributed by atoms with Crippen molar-refractivity contribution in [3.8, 4) is 0 Å². The number of nitrogens with one attached hydrogen (secondary N) is 1. The molecule has 0 bridgehead atoms. The van der Waals surface area contributed by atoms with Crippen molar-refractivity contribution in [2.45, 2.75) is 31.4 Å². The quantitative estimate of drug-likeness (QED) is 0.816. The second-order valence-electron chi connectivity index (χ2n) is 6.89. The lowest BCUT2D eigenvalue weighted by Crippen LogP contribution is -2.52. The first-order chi connectivity index (χ1) is 11.1. The molecule has 1 amide bonds. The van der Waals surface area contributed by atoms with Gasteiger partial charge in [0.25, 0.3) is 0 Å². The Morgan fingerprint density at radius 3 is 2.35 bits per heavy atom. The smallest absolute Gasteiger partial charge is 0.234 e. The largest absolute Gasteiger partial charge is 0.388 e. The first kappa shape index (κ1) is 16.4. The zero-order valence-corrected chi connectivity index (χ0v) is 13.7. The van der Waals surface area contributed by atoms with E-state index in [1.807, 2.05) is 6.07 Å². The van der Waals surface area contributed by atoms with Gasteiger partial charge >= 0.3 is 0 Å². The monoisotopic (exact) mass is 317 g/mol. The van der Waals surface area contributed by atoms with Gasteiger partial charge in [-0.2, -0.15) is 0 Å². The number of benzene rings is 1. The molecular formula is C18H27N3O2. The molecule has 0 radical (unpaired) electrons. The molecule has 1 saturated carbocycles. The average molecular weight is 317 g/mol. The molecule has 1 aromatic rings. The molecular weight excluding hydrogens is 290 g/mol. The summed E-state index contributed by atoms with van der Waals surface area (Å²) in [5.41, 5.74) is 0.705. The van der Waals surface area contributed by atoms with Crippen LogP contribution in [0.15, 0.2) is 30.3 Å². The van der Waals surface area contributed by atoms with Gasteiger partial charge in [0.05, 0.1) is 12.1 Å². The molecule has 2 N–H and O–H groups in total. The molecule has 5 heteroatoms. The maximum atomic E-state index is 12.0. The van der Waals surface area contributed by atoms with Crippen LogP contribution < -0.4 is 5.32 Å². The van der Waals surface area contributed by atoms with Gasteiger partial charge in [0.2, 0.25) is 5.91 Å². The molecule has 5 nitrogen and oxygen atoms in total. The Balaban J connectivity index is 1.35. The summed E-state index contributed by atoms with van der Waals surface area (Å²) in [4.78, 5) is 16.6. The fraction of sp³-hybridized carbons (Fsp3) is 0.611. The molecule has 1 aromatic carbocycles. The van der Waals surface area contributed by atoms with E-state index in [9.17, 15) is 9.90 Å². The molecule has 3 rings (SSSR count). The van der Waals surface area contributed by atoms with E-state index in [2.05, 4.69) is 39.4 Å². The maximum Gasteiger partial charge on any atom is 0.234 e. The van der Waals surface area contributed by atoms with Crippen molar-refractivity contribution >= 4 is 5.91 Å². The van der Waals surface area contributed by atoms with Gasteiger partial charge in [0, 0.05) is 39.3 Å². The predicted molar refractivity (Wildman–Crippen MR) is 90.0 cm³/mol. The number of carbonyl (C=O) groups is 1. The van der Waals surface area contributed by atoms with E-state index >= 15 is 0 Å². The van der Waals surface area contributed by atoms with E-state index in [1.54, 1.807) is 0 Å². The Bertz CT molecular complexity index is 508. The predicted octanol–water partition coefficient (Wildman–Crippen LogP) is 0.835. The summed E-state index contributed by atoms with van der Waals surface area (Å²) < 4.78 is 0.